The van der Waals surface area contributed by atoms with Crippen molar-refractivity contribution in [3.8, 4) is 0 Å². The van der Waals surface area contributed by atoms with E-state index in [-0.39, 0.29) is 32.0 Å². The van der Waals surface area contributed by atoms with Crippen LogP contribution in [-0.4, -0.2) is 74.9 Å². The number of likely N-dealkylation sites (N-methyl/N-ethyl adjacent to an activating group) is 1. The molecule has 2 unspecified atom stereocenters. The van der Waals surface area contributed by atoms with Crippen LogP contribution in [0, 0.1) is 0 Å². The van der Waals surface area contributed by atoms with Crippen LogP contribution >= 0.6 is 7.82 Å². The van der Waals surface area contributed by atoms with Crippen LogP contribution in [-0.2, 0) is 32.7 Å². The van der Waals surface area contributed by atoms with Crippen LogP contribution < -0.4 is 0 Å². The highest BCUT2D eigenvalue weighted by Gasteiger charge is 2.27. The number of quaternary nitrogens is 1. The van der Waals surface area contributed by atoms with Crippen LogP contribution in [0.1, 0.15) is 271 Å². The maximum absolute atomic E-state index is 12.9. The van der Waals surface area contributed by atoms with Crippen molar-refractivity contribution in [1.82, 2.24) is 0 Å². The van der Waals surface area contributed by atoms with Gasteiger partial charge in [0, 0.05) is 12.8 Å². The standard InChI is InChI=1S/C72H124NO8P/c1-6-8-10-12-14-16-18-20-22-24-26-28-29-30-31-32-33-34-35-36-37-38-39-40-41-42-43-45-47-49-51-53-55-57-59-61-63-65-72(75)81-70(69-80-82(76,77)79-67-66-73(3,4)5)68-78-71(74)64-62-60-58-56-54-52-50-48-46-44-27-25-23-21-19-17-15-13-11-9-7-2/h8,10,14,16,20,22,26,28,30-31,33-34,36-37,39-40,42-43,47,49,70H,6-7,9,11-13,15,17-19,21,23-25,27,29,32,35,38,41,44-46,48,50-69H2,1-5H3/p+1/b10-8-,16-14-,22-20-,28-26-,31-30-,34-33-,37-36-,40-39-,43-42-,49-47-. The smallest absolute Gasteiger partial charge is 0.462 e. The van der Waals surface area contributed by atoms with E-state index in [9.17, 15) is 19.0 Å². The lowest BCUT2D eigenvalue weighted by Gasteiger charge is -2.24. The van der Waals surface area contributed by atoms with Crippen LogP contribution in [0.4, 0.5) is 0 Å². The second-order valence-electron chi connectivity index (χ2n) is 23.1. The topological polar surface area (TPSA) is 108 Å². The molecule has 0 aromatic rings. The monoisotopic (exact) mass is 1160 g/mol. The summed E-state index contributed by atoms with van der Waals surface area (Å²) in [4.78, 5) is 35.8. The first-order chi connectivity index (χ1) is 40.0. The zero-order valence-corrected chi connectivity index (χ0v) is 54.3. The molecule has 0 aliphatic carbocycles. The van der Waals surface area contributed by atoms with Crippen molar-refractivity contribution >= 4 is 19.8 Å². The molecule has 0 aromatic carbocycles. The highest BCUT2D eigenvalue weighted by Crippen LogP contribution is 2.43. The van der Waals surface area contributed by atoms with Crippen LogP contribution in [0.2, 0.25) is 0 Å². The maximum Gasteiger partial charge on any atom is 0.472 e. The minimum Gasteiger partial charge on any atom is -0.462 e. The lowest BCUT2D eigenvalue weighted by Crippen LogP contribution is -2.37. The molecule has 470 valence electrons. The number of hydrogen-bond acceptors (Lipinski definition) is 7. The molecule has 0 spiro atoms. The largest absolute Gasteiger partial charge is 0.472 e. The van der Waals surface area contributed by atoms with Gasteiger partial charge >= 0.3 is 19.8 Å². The molecule has 0 aliphatic rings. The third-order valence-electron chi connectivity index (χ3n) is 14.0. The van der Waals surface area contributed by atoms with Gasteiger partial charge < -0.3 is 18.9 Å². The molecular formula is C72H125NO8P+. The zero-order valence-electron chi connectivity index (χ0n) is 53.4. The third kappa shape index (κ3) is 65.6. The first kappa shape index (κ1) is 78.4. The van der Waals surface area contributed by atoms with Crippen LogP contribution in [0.25, 0.3) is 0 Å². The molecule has 82 heavy (non-hydrogen) atoms. The fourth-order valence-corrected chi connectivity index (χ4v) is 9.67. The Morgan fingerprint density at radius 2 is 0.695 bits per heavy atom. The second kappa shape index (κ2) is 62.0. The SMILES string of the molecule is CC/C=C\C/C=C\C/C=C\C/C=C\C/C=C\C/C=C\C/C=C\C/C=C\C/C=C\C/C=C\CCCCCCCCC(=O)OC(COC(=O)CCCCCCCCCCCCCCCCCCCCCCC)COP(=O)(O)OCC[N+](C)(C)C. The van der Waals surface area contributed by atoms with Gasteiger partial charge in [-0.3, -0.25) is 18.6 Å². The third-order valence-corrected chi connectivity index (χ3v) is 15.0. The Bertz CT molecular complexity index is 1800. The summed E-state index contributed by atoms with van der Waals surface area (Å²) in [6.07, 6.45) is 88.6. The van der Waals surface area contributed by atoms with Crippen molar-refractivity contribution in [2.45, 2.75) is 277 Å². The maximum atomic E-state index is 12.9. The Morgan fingerprint density at radius 1 is 0.390 bits per heavy atom. The molecule has 0 saturated carbocycles. The first-order valence-electron chi connectivity index (χ1n) is 33.3. The molecule has 9 nitrogen and oxygen atoms in total. The lowest BCUT2D eigenvalue weighted by atomic mass is 10.0. The summed E-state index contributed by atoms with van der Waals surface area (Å²) in [5.41, 5.74) is 0. The van der Waals surface area contributed by atoms with E-state index in [1.54, 1.807) is 0 Å². The van der Waals surface area contributed by atoms with Gasteiger partial charge in [0.05, 0.1) is 27.7 Å². The van der Waals surface area contributed by atoms with Gasteiger partial charge in [-0.05, 0) is 89.9 Å². The predicted octanol–water partition coefficient (Wildman–Crippen LogP) is 21.5. The number of esters is 2. The summed E-state index contributed by atoms with van der Waals surface area (Å²) in [6, 6.07) is 0. The molecule has 0 fully saturated rings. The number of carbonyl (C=O) groups excluding carboxylic acids is 2. The summed E-state index contributed by atoms with van der Waals surface area (Å²) in [6.45, 7) is 4.32. The van der Waals surface area contributed by atoms with Crippen molar-refractivity contribution in [2.75, 3.05) is 47.5 Å². The molecule has 0 aliphatic heterocycles. The lowest BCUT2D eigenvalue weighted by molar-refractivity contribution is -0.870. The zero-order chi connectivity index (χ0) is 59.8. The number of ether oxygens (including phenoxy) is 2. The van der Waals surface area contributed by atoms with Gasteiger partial charge in [0.1, 0.15) is 19.8 Å². The van der Waals surface area contributed by atoms with Crippen LogP contribution in [0.5, 0.6) is 0 Å². The van der Waals surface area contributed by atoms with E-state index in [1.807, 2.05) is 21.1 Å². The molecule has 0 heterocycles. The number of allylic oxidation sites excluding steroid dienone is 20. The van der Waals surface area contributed by atoms with Crippen LogP contribution in [0.3, 0.4) is 0 Å². The molecular weight excluding hydrogens is 1040 g/mol. The molecule has 0 aromatic heterocycles. The summed E-state index contributed by atoms with van der Waals surface area (Å²) < 4.78 is 34.6. The van der Waals surface area contributed by atoms with Gasteiger partial charge in [0.15, 0.2) is 6.10 Å². The number of carbonyl (C=O) groups is 2. The highest BCUT2D eigenvalue weighted by atomic mass is 31.2. The molecule has 1 N–H and O–H groups in total. The van der Waals surface area contributed by atoms with E-state index < -0.39 is 26.5 Å². The van der Waals surface area contributed by atoms with Crippen molar-refractivity contribution in [3.63, 3.8) is 0 Å². The van der Waals surface area contributed by atoms with E-state index in [2.05, 4.69) is 135 Å². The van der Waals surface area contributed by atoms with Crippen LogP contribution in [0.15, 0.2) is 122 Å². The molecule has 10 heteroatoms. The first-order valence-corrected chi connectivity index (χ1v) is 34.8. The molecule has 2 atom stereocenters. The van der Waals surface area contributed by atoms with Crippen molar-refractivity contribution in [3.05, 3.63) is 122 Å². The normalized spacial score (nSPS) is 14.0. The molecule has 0 saturated heterocycles. The van der Waals surface area contributed by atoms with E-state index >= 15 is 0 Å². The van der Waals surface area contributed by atoms with E-state index in [4.69, 9.17) is 18.5 Å². The van der Waals surface area contributed by atoms with Gasteiger partial charge in [-0.1, -0.05) is 289 Å². The highest BCUT2D eigenvalue weighted by molar-refractivity contribution is 7.47. The van der Waals surface area contributed by atoms with Crippen molar-refractivity contribution in [1.29, 1.82) is 0 Å². The van der Waals surface area contributed by atoms with Crippen molar-refractivity contribution in [2.24, 2.45) is 0 Å². The summed E-state index contributed by atoms with van der Waals surface area (Å²) in [7, 11) is 1.46. The predicted molar refractivity (Wildman–Crippen MR) is 353 cm³/mol. The Balaban J connectivity index is 4.16. The number of hydrogen-bond donors (Lipinski definition) is 1. The summed E-state index contributed by atoms with van der Waals surface area (Å²) in [5, 5.41) is 0. The molecule has 0 amide bonds. The number of phosphoric ester groups is 1. The number of phosphoric acid groups is 1. The average molecular weight is 1160 g/mol. The Labute approximate surface area is 505 Å². The minimum absolute atomic E-state index is 0.0241. The fraction of sp³-hybridized carbons (Fsp3) is 0.694. The van der Waals surface area contributed by atoms with E-state index in [0.29, 0.717) is 17.4 Å². The summed E-state index contributed by atoms with van der Waals surface area (Å²) in [5.74, 6) is -0.812. The van der Waals surface area contributed by atoms with E-state index in [0.717, 1.165) is 122 Å². The van der Waals surface area contributed by atoms with Gasteiger partial charge in [-0.15, -0.1) is 0 Å². The number of rotatable bonds is 60. The Morgan fingerprint density at radius 3 is 1.04 bits per heavy atom. The Kier molecular flexibility index (Phi) is 59.2. The molecule has 0 radical (unpaired) electrons. The molecule has 0 bridgehead atoms. The Hall–Kier alpha value is -3.59. The number of unbranched alkanes of at least 4 members (excludes halogenated alkanes) is 26. The van der Waals surface area contributed by atoms with Gasteiger partial charge in [-0.2, -0.15) is 0 Å². The van der Waals surface area contributed by atoms with Gasteiger partial charge in [0.2, 0.25) is 0 Å². The van der Waals surface area contributed by atoms with Gasteiger partial charge in [0.25, 0.3) is 0 Å². The fourth-order valence-electron chi connectivity index (χ4n) is 8.93. The van der Waals surface area contributed by atoms with Crippen molar-refractivity contribution < 1.29 is 42.1 Å². The quantitative estimate of drug-likeness (QED) is 0.0211. The minimum atomic E-state index is -4.40. The van der Waals surface area contributed by atoms with E-state index in [1.165, 1.54) is 116 Å². The summed E-state index contributed by atoms with van der Waals surface area (Å²) >= 11 is 0. The number of nitrogens with zero attached hydrogens (tertiary/aromatic N) is 1. The second-order valence-corrected chi connectivity index (χ2v) is 24.6. The molecule has 0 rings (SSSR count). The van der Waals surface area contributed by atoms with Gasteiger partial charge in [-0.25, -0.2) is 4.57 Å². The average Bonchev–Trinajstić information content (AvgIpc) is 3.46.